The van der Waals surface area contributed by atoms with Crippen molar-refractivity contribution in [2.45, 2.75) is 9.79 Å². The van der Waals surface area contributed by atoms with Crippen molar-refractivity contribution < 1.29 is 29.2 Å². The summed E-state index contributed by atoms with van der Waals surface area (Å²) in [6, 6.07) is 20.5. The van der Waals surface area contributed by atoms with Crippen LogP contribution in [-0.4, -0.2) is 35.1 Å². The van der Waals surface area contributed by atoms with E-state index in [9.17, 15) is 34.9 Å². The highest BCUT2D eigenvalue weighted by atomic mass is 32.2. The van der Waals surface area contributed by atoms with Gasteiger partial charge in [0.2, 0.25) is 0 Å². The Balaban J connectivity index is 0.000000189. The molecule has 0 spiro atoms. The smallest absolute Gasteiger partial charge is 0.337 e. The molecule has 1 N–H and O–H groups in total. The Kier molecular flexibility index (Phi) is 8.80. The number of carbonyl (C=O) groups is 1. The van der Waals surface area contributed by atoms with Crippen molar-refractivity contribution in [1.82, 2.24) is 0 Å². The molecule has 41 heavy (non-hydrogen) atoms. The van der Waals surface area contributed by atoms with Crippen molar-refractivity contribution in [3.63, 3.8) is 0 Å². The lowest BCUT2D eigenvalue weighted by Gasteiger charge is -2.09. The van der Waals surface area contributed by atoms with Gasteiger partial charge in [0.05, 0.1) is 39.2 Å². The molecule has 0 bridgehead atoms. The number of carboxylic acids is 1. The van der Waals surface area contributed by atoms with Crippen LogP contribution in [0, 0.1) is 20.2 Å². The first kappa shape index (κ1) is 29.0. The summed E-state index contributed by atoms with van der Waals surface area (Å²) in [7, 11) is 3.07. The molecular formula is C28H20N2O9S2. The van der Waals surface area contributed by atoms with Crippen LogP contribution in [0.4, 0.5) is 11.4 Å². The molecule has 0 aliphatic carbocycles. The van der Waals surface area contributed by atoms with Gasteiger partial charge in [-0.1, -0.05) is 30.0 Å². The Bertz CT molecular complexity index is 1870. The summed E-state index contributed by atoms with van der Waals surface area (Å²) < 4.78 is 11.9. The van der Waals surface area contributed by atoms with Gasteiger partial charge in [-0.15, -0.1) is 11.3 Å². The molecule has 1 heterocycles. The van der Waals surface area contributed by atoms with Crippen molar-refractivity contribution in [3.8, 4) is 11.5 Å². The Morgan fingerprint density at radius 1 is 0.805 bits per heavy atom. The topological polar surface area (TPSA) is 159 Å². The number of rotatable bonds is 7. The molecule has 1 aromatic heterocycles. The van der Waals surface area contributed by atoms with E-state index in [1.165, 1.54) is 54.5 Å². The normalized spacial score (nSPS) is 10.5. The molecule has 0 saturated carbocycles. The maximum Gasteiger partial charge on any atom is 0.337 e. The highest BCUT2D eigenvalue weighted by molar-refractivity contribution is 7.99. The lowest BCUT2D eigenvalue weighted by atomic mass is 10.1. The van der Waals surface area contributed by atoms with Crippen LogP contribution >= 0.6 is 23.1 Å². The number of nitro benzene ring substituents is 2. The van der Waals surface area contributed by atoms with Crippen LogP contribution in [0.5, 0.6) is 11.5 Å². The van der Waals surface area contributed by atoms with Crippen molar-refractivity contribution in [3.05, 3.63) is 115 Å². The van der Waals surface area contributed by atoms with E-state index in [1.54, 1.807) is 55.6 Å². The quantitative estimate of drug-likeness (QED) is 0.121. The standard InChI is InChI=1S/C14H11NO5S.C14H9NO4S/c1-20-11-4-2-3-5-13(11)21-12-7-6-9(15(18)19)8-10(12)14(16)17;1-19-11-4-2-3-9-13(16)10-7-8(15(17)18)5-6-12(10)20-14(9)11/h2-8H,1H3,(H,16,17);2-7H,1H3. The highest BCUT2D eigenvalue weighted by Crippen LogP contribution is 2.37. The number of fused-ring (bicyclic) bond motifs is 2. The summed E-state index contributed by atoms with van der Waals surface area (Å²) in [4.78, 5) is 45.3. The third-order valence-electron chi connectivity index (χ3n) is 5.77. The molecular weight excluding hydrogens is 572 g/mol. The van der Waals surface area contributed by atoms with Gasteiger partial charge in [-0.25, -0.2) is 4.79 Å². The number of carboxylic acid groups (broad SMARTS) is 1. The summed E-state index contributed by atoms with van der Waals surface area (Å²) in [5.74, 6) is 0.0261. The molecule has 208 valence electrons. The summed E-state index contributed by atoms with van der Waals surface area (Å²) in [5, 5.41) is 31.6. The van der Waals surface area contributed by atoms with Crippen LogP contribution < -0.4 is 14.9 Å². The summed E-state index contributed by atoms with van der Waals surface area (Å²) >= 11 is 2.58. The maximum absolute atomic E-state index is 12.5. The van der Waals surface area contributed by atoms with E-state index in [0.717, 1.165) is 15.7 Å². The Labute approximate surface area is 239 Å². The number of hydrogen-bond acceptors (Lipinski definition) is 10. The van der Waals surface area contributed by atoms with Crippen LogP contribution in [-0.2, 0) is 0 Å². The molecule has 11 nitrogen and oxygen atoms in total. The lowest BCUT2D eigenvalue weighted by molar-refractivity contribution is -0.385. The molecule has 5 aromatic rings. The van der Waals surface area contributed by atoms with Gasteiger partial charge in [-0.05, 0) is 36.4 Å². The van der Waals surface area contributed by atoms with Crippen LogP contribution in [0.1, 0.15) is 10.4 Å². The maximum atomic E-state index is 12.5. The first-order valence-corrected chi connectivity index (χ1v) is 13.3. The molecule has 5 rings (SSSR count). The van der Waals surface area contributed by atoms with E-state index in [2.05, 4.69) is 0 Å². The van der Waals surface area contributed by atoms with Crippen LogP contribution in [0.3, 0.4) is 0 Å². The minimum atomic E-state index is -1.21. The van der Waals surface area contributed by atoms with Gasteiger partial charge in [0.1, 0.15) is 11.5 Å². The number of nitrogens with zero attached hydrogens (tertiary/aromatic N) is 2. The number of para-hydroxylation sites is 1. The van der Waals surface area contributed by atoms with Crippen molar-refractivity contribution in [2.75, 3.05) is 14.2 Å². The lowest BCUT2D eigenvalue weighted by Crippen LogP contribution is -2.02. The summed E-state index contributed by atoms with van der Waals surface area (Å²) in [6.45, 7) is 0. The number of methoxy groups -OCH3 is 2. The first-order chi connectivity index (χ1) is 19.6. The van der Waals surface area contributed by atoms with Crippen LogP contribution in [0.15, 0.2) is 93.4 Å². The highest BCUT2D eigenvalue weighted by Gasteiger charge is 2.18. The fraction of sp³-hybridized carbons (Fsp3) is 0.0714. The van der Waals surface area contributed by atoms with Gasteiger partial charge < -0.3 is 14.6 Å². The Morgan fingerprint density at radius 2 is 1.44 bits per heavy atom. The van der Waals surface area contributed by atoms with Gasteiger partial charge >= 0.3 is 5.97 Å². The number of hydrogen-bond donors (Lipinski definition) is 1. The minimum absolute atomic E-state index is 0.0796. The number of aromatic carboxylic acids is 1. The molecule has 0 aliphatic heterocycles. The molecule has 0 radical (unpaired) electrons. The average molecular weight is 593 g/mol. The molecule has 0 unspecified atom stereocenters. The van der Waals surface area contributed by atoms with E-state index in [0.29, 0.717) is 31.9 Å². The van der Waals surface area contributed by atoms with E-state index < -0.39 is 15.8 Å². The monoisotopic (exact) mass is 592 g/mol. The fourth-order valence-electron chi connectivity index (χ4n) is 3.82. The zero-order valence-corrected chi connectivity index (χ0v) is 23.1. The molecule has 0 saturated heterocycles. The summed E-state index contributed by atoms with van der Waals surface area (Å²) in [5.41, 5.74) is -0.655. The average Bonchev–Trinajstić information content (AvgIpc) is 2.97. The second-order valence-electron chi connectivity index (χ2n) is 8.20. The predicted molar refractivity (Wildman–Crippen MR) is 156 cm³/mol. The van der Waals surface area contributed by atoms with Gasteiger partial charge in [0.25, 0.3) is 11.4 Å². The molecule has 0 atom stereocenters. The zero-order chi connectivity index (χ0) is 29.7. The van der Waals surface area contributed by atoms with Crippen molar-refractivity contribution >= 4 is 60.6 Å². The first-order valence-electron chi connectivity index (χ1n) is 11.6. The van der Waals surface area contributed by atoms with Crippen molar-refractivity contribution in [1.29, 1.82) is 0 Å². The van der Waals surface area contributed by atoms with Gasteiger partial charge in [-0.3, -0.25) is 25.0 Å². The second kappa shape index (κ2) is 12.4. The Morgan fingerprint density at radius 3 is 2.10 bits per heavy atom. The Hall–Kier alpha value is -5.01. The van der Waals surface area contributed by atoms with E-state index >= 15 is 0 Å². The third-order valence-corrected chi connectivity index (χ3v) is 8.10. The van der Waals surface area contributed by atoms with E-state index in [4.69, 9.17) is 9.47 Å². The van der Waals surface area contributed by atoms with Crippen molar-refractivity contribution in [2.24, 2.45) is 0 Å². The largest absolute Gasteiger partial charge is 0.496 e. The number of non-ortho nitro benzene ring substituents is 2. The van der Waals surface area contributed by atoms with Gasteiger partial charge in [-0.2, -0.15) is 0 Å². The van der Waals surface area contributed by atoms with Crippen LogP contribution in [0.25, 0.3) is 20.2 Å². The summed E-state index contributed by atoms with van der Waals surface area (Å²) in [6.07, 6.45) is 0. The zero-order valence-electron chi connectivity index (χ0n) is 21.4. The van der Waals surface area contributed by atoms with Gasteiger partial charge in [0.15, 0.2) is 5.43 Å². The second-order valence-corrected chi connectivity index (χ2v) is 10.3. The molecule has 13 heteroatoms. The molecule has 0 fully saturated rings. The van der Waals surface area contributed by atoms with E-state index in [1.807, 2.05) is 0 Å². The predicted octanol–water partition coefficient (Wildman–Crippen LogP) is 6.78. The molecule has 0 amide bonds. The molecule has 4 aromatic carbocycles. The fourth-order valence-corrected chi connectivity index (χ4v) is 5.99. The third kappa shape index (κ3) is 6.26. The van der Waals surface area contributed by atoms with Gasteiger partial charge in [0, 0.05) is 44.6 Å². The van der Waals surface area contributed by atoms with Crippen LogP contribution in [0.2, 0.25) is 0 Å². The SMILES string of the molecule is COc1cccc2c(=O)c3cc([N+](=O)[O-])ccc3sc12.COc1ccccc1Sc1ccc([N+](=O)[O-])cc1C(=O)O. The number of nitro groups is 2. The number of benzene rings is 4. The molecule has 0 aliphatic rings. The minimum Gasteiger partial charge on any atom is -0.496 e. The van der Waals surface area contributed by atoms with E-state index in [-0.39, 0.29) is 22.4 Å². The number of ether oxygens (including phenoxy) is 2.